The molecule has 134 valence electrons. The highest BCUT2D eigenvalue weighted by Gasteiger charge is 2.11. The standard InChI is InChI=1S/C18H29N3O2S/c1-4-15(3)24-16-5-6-17(14(2)13-16)20-18(22)19-7-8-21-9-11-23-12-10-21/h5-6,13,15H,4,7-12H2,1-3H3,(H2,19,20,22). The number of hydrogen-bond acceptors (Lipinski definition) is 4. The van der Waals surface area contributed by atoms with Crippen LogP contribution in [0.5, 0.6) is 0 Å². The molecule has 1 aromatic rings. The minimum atomic E-state index is -0.145. The van der Waals surface area contributed by atoms with Crippen LogP contribution in [-0.4, -0.2) is 55.6 Å². The van der Waals surface area contributed by atoms with Gasteiger partial charge in [-0.3, -0.25) is 4.90 Å². The number of ether oxygens (including phenoxy) is 1. The van der Waals surface area contributed by atoms with Gasteiger partial charge in [0.2, 0.25) is 0 Å². The van der Waals surface area contributed by atoms with Crippen molar-refractivity contribution in [2.45, 2.75) is 37.3 Å². The van der Waals surface area contributed by atoms with E-state index >= 15 is 0 Å². The van der Waals surface area contributed by atoms with Crippen molar-refractivity contribution < 1.29 is 9.53 Å². The Hall–Kier alpha value is -1.24. The summed E-state index contributed by atoms with van der Waals surface area (Å²) >= 11 is 1.87. The third-order valence-corrected chi connectivity index (χ3v) is 5.44. The molecule has 1 unspecified atom stereocenters. The molecule has 0 bridgehead atoms. The van der Waals surface area contributed by atoms with Crippen LogP contribution in [0, 0.1) is 6.92 Å². The summed E-state index contributed by atoms with van der Waals surface area (Å²) in [6.07, 6.45) is 1.15. The van der Waals surface area contributed by atoms with Gasteiger partial charge in [0, 0.05) is 42.0 Å². The smallest absolute Gasteiger partial charge is 0.319 e. The molecule has 2 rings (SSSR count). The van der Waals surface area contributed by atoms with Gasteiger partial charge in [-0.25, -0.2) is 4.79 Å². The quantitative estimate of drug-likeness (QED) is 0.740. The average Bonchev–Trinajstić information content (AvgIpc) is 2.58. The first kappa shape index (κ1) is 19.1. The second-order valence-corrected chi connectivity index (χ2v) is 7.66. The number of hydrogen-bond donors (Lipinski definition) is 2. The van der Waals surface area contributed by atoms with Crippen molar-refractivity contribution in [1.29, 1.82) is 0 Å². The molecule has 0 aliphatic carbocycles. The summed E-state index contributed by atoms with van der Waals surface area (Å²) in [6, 6.07) is 6.06. The maximum Gasteiger partial charge on any atom is 0.319 e. The Balaban J connectivity index is 1.76. The zero-order chi connectivity index (χ0) is 17.4. The largest absolute Gasteiger partial charge is 0.379 e. The van der Waals surface area contributed by atoms with E-state index in [1.54, 1.807) is 0 Å². The summed E-state index contributed by atoms with van der Waals surface area (Å²) in [7, 11) is 0. The van der Waals surface area contributed by atoms with Crippen LogP contribution in [0.25, 0.3) is 0 Å². The monoisotopic (exact) mass is 351 g/mol. The van der Waals surface area contributed by atoms with E-state index in [0.29, 0.717) is 11.8 Å². The molecule has 1 aliphatic heterocycles. The number of rotatable bonds is 7. The number of anilines is 1. The molecule has 0 saturated carbocycles. The van der Waals surface area contributed by atoms with Gasteiger partial charge in [0.25, 0.3) is 0 Å². The van der Waals surface area contributed by atoms with Crippen molar-refractivity contribution in [2.75, 3.05) is 44.7 Å². The molecule has 1 aromatic carbocycles. The highest BCUT2D eigenvalue weighted by molar-refractivity contribution is 7.99. The molecule has 2 amide bonds. The topological polar surface area (TPSA) is 53.6 Å². The number of thioether (sulfide) groups is 1. The summed E-state index contributed by atoms with van der Waals surface area (Å²) in [4.78, 5) is 15.6. The van der Waals surface area contributed by atoms with Gasteiger partial charge in [0.15, 0.2) is 0 Å². The third kappa shape index (κ3) is 6.34. The molecular weight excluding hydrogens is 322 g/mol. The lowest BCUT2D eigenvalue weighted by Crippen LogP contribution is -2.42. The van der Waals surface area contributed by atoms with E-state index in [-0.39, 0.29) is 6.03 Å². The molecule has 1 fully saturated rings. The molecule has 0 spiro atoms. The predicted octanol–water partition coefficient (Wildman–Crippen LogP) is 3.34. The number of carbonyl (C=O) groups is 1. The zero-order valence-electron chi connectivity index (χ0n) is 14.9. The first-order valence-electron chi connectivity index (χ1n) is 8.70. The van der Waals surface area contributed by atoms with Gasteiger partial charge in [0.1, 0.15) is 0 Å². The fourth-order valence-electron chi connectivity index (χ4n) is 2.48. The van der Waals surface area contributed by atoms with Crippen molar-refractivity contribution in [3.8, 4) is 0 Å². The number of morpholine rings is 1. The van der Waals surface area contributed by atoms with Gasteiger partial charge < -0.3 is 15.4 Å². The number of nitrogens with zero attached hydrogens (tertiary/aromatic N) is 1. The number of amides is 2. The van der Waals surface area contributed by atoms with Crippen molar-refractivity contribution in [2.24, 2.45) is 0 Å². The Labute approximate surface area is 149 Å². The third-order valence-electron chi connectivity index (χ3n) is 4.18. The molecular formula is C18H29N3O2S. The highest BCUT2D eigenvalue weighted by Crippen LogP contribution is 2.28. The van der Waals surface area contributed by atoms with Crippen LogP contribution < -0.4 is 10.6 Å². The lowest BCUT2D eigenvalue weighted by Gasteiger charge is -2.26. The van der Waals surface area contributed by atoms with Gasteiger partial charge in [-0.1, -0.05) is 13.8 Å². The molecule has 1 saturated heterocycles. The fraction of sp³-hybridized carbons (Fsp3) is 0.611. The molecule has 1 atom stereocenters. The fourth-order valence-corrected chi connectivity index (χ4v) is 3.51. The minimum Gasteiger partial charge on any atom is -0.379 e. The predicted molar refractivity (Wildman–Crippen MR) is 101 cm³/mol. The Morgan fingerprint density at radius 3 is 2.79 bits per heavy atom. The molecule has 1 heterocycles. The van der Waals surface area contributed by atoms with Crippen LogP contribution in [0.15, 0.2) is 23.1 Å². The van der Waals surface area contributed by atoms with Crippen LogP contribution in [0.2, 0.25) is 0 Å². The van der Waals surface area contributed by atoms with Gasteiger partial charge in [-0.05, 0) is 37.1 Å². The van der Waals surface area contributed by atoms with E-state index in [0.717, 1.165) is 50.5 Å². The van der Waals surface area contributed by atoms with Crippen molar-refractivity contribution in [3.05, 3.63) is 23.8 Å². The van der Waals surface area contributed by atoms with Gasteiger partial charge in [-0.2, -0.15) is 0 Å². The summed E-state index contributed by atoms with van der Waals surface area (Å²) in [6.45, 7) is 11.4. The van der Waals surface area contributed by atoms with E-state index in [9.17, 15) is 4.79 Å². The number of benzene rings is 1. The molecule has 24 heavy (non-hydrogen) atoms. The Bertz CT molecular complexity index is 533. The summed E-state index contributed by atoms with van der Waals surface area (Å²) in [5, 5.41) is 6.47. The zero-order valence-corrected chi connectivity index (χ0v) is 15.7. The van der Waals surface area contributed by atoms with E-state index < -0.39 is 0 Å². The van der Waals surface area contributed by atoms with Crippen molar-refractivity contribution in [1.82, 2.24) is 10.2 Å². The van der Waals surface area contributed by atoms with Crippen LogP contribution in [-0.2, 0) is 4.74 Å². The maximum absolute atomic E-state index is 12.0. The van der Waals surface area contributed by atoms with Crippen LogP contribution >= 0.6 is 11.8 Å². The first-order chi connectivity index (χ1) is 11.6. The Morgan fingerprint density at radius 2 is 2.12 bits per heavy atom. The number of carbonyl (C=O) groups excluding carboxylic acids is 1. The summed E-state index contributed by atoms with van der Waals surface area (Å²) in [5.41, 5.74) is 1.96. The molecule has 6 heteroatoms. The molecule has 2 N–H and O–H groups in total. The van der Waals surface area contributed by atoms with Gasteiger partial charge in [0.05, 0.1) is 13.2 Å². The molecule has 0 radical (unpaired) electrons. The minimum absolute atomic E-state index is 0.145. The van der Waals surface area contributed by atoms with Crippen LogP contribution in [0.4, 0.5) is 10.5 Å². The van der Waals surface area contributed by atoms with E-state index in [1.165, 1.54) is 4.90 Å². The van der Waals surface area contributed by atoms with E-state index in [4.69, 9.17) is 4.74 Å². The molecule has 0 aromatic heterocycles. The SMILES string of the molecule is CCC(C)Sc1ccc(NC(=O)NCCN2CCOCC2)c(C)c1. The Morgan fingerprint density at radius 1 is 1.38 bits per heavy atom. The molecule has 5 nitrogen and oxygen atoms in total. The number of aryl methyl sites for hydroxylation is 1. The van der Waals surface area contributed by atoms with Gasteiger partial charge >= 0.3 is 6.03 Å². The van der Waals surface area contributed by atoms with Crippen LogP contribution in [0.1, 0.15) is 25.8 Å². The highest BCUT2D eigenvalue weighted by atomic mass is 32.2. The second kappa shape index (κ2) is 9.91. The summed E-state index contributed by atoms with van der Waals surface area (Å²) < 4.78 is 5.32. The normalized spacial score (nSPS) is 16.6. The van der Waals surface area contributed by atoms with Crippen LogP contribution in [0.3, 0.4) is 0 Å². The van der Waals surface area contributed by atoms with Gasteiger partial charge in [-0.15, -0.1) is 11.8 Å². The first-order valence-corrected chi connectivity index (χ1v) is 9.58. The number of nitrogens with one attached hydrogen (secondary N) is 2. The average molecular weight is 352 g/mol. The van der Waals surface area contributed by atoms with Crippen molar-refractivity contribution in [3.63, 3.8) is 0 Å². The van der Waals surface area contributed by atoms with E-state index in [1.807, 2.05) is 24.8 Å². The summed E-state index contributed by atoms with van der Waals surface area (Å²) in [5.74, 6) is 0. The van der Waals surface area contributed by atoms with E-state index in [2.05, 4.69) is 41.5 Å². The Kier molecular flexibility index (Phi) is 7.88. The number of urea groups is 1. The van der Waals surface area contributed by atoms with Crippen molar-refractivity contribution >= 4 is 23.5 Å². The lowest BCUT2D eigenvalue weighted by atomic mass is 10.2. The maximum atomic E-state index is 12.0. The molecule has 1 aliphatic rings. The lowest BCUT2D eigenvalue weighted by molar-refractivity contribution is 0.0388. The second-order valence-electron chi connectivity index (χ2n) is 6.15.